The molecule has 4 rings (SSSR count). The van der Waals surface area contributed by atoms with Gasteiger partial charge in [0, 0.05) is 19.3 Å². The number of aromatic nitrogens is 1. The van der Waals surface area contributed by atoms with Crippen LogP contribution in [0.5, 0.6) is 0 Å². The molecule has 1 aromatic carbocycles. The van der Waals surface area contributed by atoms with E-state index < -0.39 is 5.54 Å². The molecule has 1 N–H and O–H groups in total. The van der Waals surface area contributed by atoms with Gasteiger partial charge in [0.2, 0.25) is 0 Å². The highest BCUT2D eigenvalue weighted by molar-refractivity contribution is 6.07. The van der Waals surface area contributed by atoms with Crippen molar-refractivity contribution in [3.8, 4) is 0 Å². The maximum absolute atomic E-state index is 13.0. The zero-order chi connectivity index (χ0) is 18.9. The van der Waals surface area contributed by atoms with E-state index in [9.17, 15) is 14.4 Å². The first-order valence-corrected chi connectivity index (χ1v) is 8.97. The third-order valence-electron chi connectivity index (χ3n) is 5.22. The minimum atomic E-state index is -0.910. The predicted octanol–water partition coefficient (Wildman–Crippen LogP) is 1.81. The molecule has 7 heteroatoms. The molecule has 138 valence electrons. The summed E-state index contributed by atoms with van der Waals surface area (Å²) >= 11 is 0. The van der Waals surface area contributed by atoms with Gasteiger partial charge >= 0.3 is 6.03 Å². The van der Waals surface area contributed by atoms with E-state index in [-0.39, 0.29) is 24.4 Å². The monoisotopic (exact) mass is 364 g/mol. The van der Waals surface area contributed by atoms with E-state index in [2.05, 4.69) is 10.3 Å². The molecular weight excluding hydrogens is 344 g/mol. The second-order valence-corrected chi connectivity index (χ2v) is 6.90. The van der Waals surface area contributed by atoms with Crippen LogP contribution in [0.3, 0.4) is 0 Å². The van der Waals surface area contributed by atoms with Crippen molar-refractivity contribution < 1.29 is 14.4 Å². The van der Waals surface area contributed by atoms with Gasteiger partial charge in [-0.25, -0.2) is 4.79 Å². The molecular formula is C20H20N4O3. The molecule has 0 atom stereocenters. The largest absolute Gasteiger partial charge is 0.337 e. The van der Waals surface area contributed by atoms with Gasteiger partial charge in [0.1, 0.15) is 11.2 Å². The molecule has 3 heterocycles. The lowest BCUT2D eigenvalue weighted by Gasteiger charge is -2.37. The SMILES string of the molecule is O=C(c1ccccn1)N1CCC2(CC1)NC(=O)N(Cc1ccccc1)C2=O. The van der Waals surface area contributed by atoms with Crippen molar-refractivity contribution in [2.24, 2.45) is 0 Å². The zero-order valence-corrected chi connectivity index (χ0v) is 14.8. The summed E-state index contributed by atoms with van der Waals surface area (Å²) in [6, 6.07) is 14.3. The zero-order valence-electron chi connectivity index (χ0n) is 14.8. The Hall–Kier alpha value is -3.22. The highest BCUT2D eigenvalue weighted by Crippen LogP contribution is 2.30. The third kappa shape index (κ3) is 3.16. The van der Waals surface area contributed by atoms with Gasteiger partial charge < -0.3 is 10.2 Å². The fourth-order valence-electron chi connectivity index (χ4n) is 3.67. The fraction of sp³-hybridized carbons (Fsp3) is 0.300. The number of hydrogen-bond acceptors (Lipinski definition) is 4. The summed E-state index contributed by atoms with van der Waals surface area (Å²) in [7, 11) is 0. The number of benzene rings is 1. The molecule has 2 fully saturated rings. The van der Waals surface area contributed by atoms with Gasteiger partial charge in [-0.15, -0.1) is 0 Å². The number of pyridine rings is 1. The second-order valence-electron chi connectivity index (χ2n) is 6.90. The van der Waals surface area contributed by atoms with Crippen LogP contribution in [0, 0.1) is 0 Å². The Bertz CT molecular complexity index is 861. The average molecular weight is 364 g/mol. The second kappa shape index (κ2) is 6.83. The summed E-state index contributed by atoms with van der Waals surface area (Å²) in [6.07, 6.45) is 2.39. The maximum Gasteiger partial charge on any atom is 0.325 e. The Labute approximate surface area is 157 Å². The highest BCUT2D eigenvalue weighted by Gasteiger charge is 2.52. The van der Waals surface area contributed by atoms with Crippen molar-refractivity contribution >= 4 is 17.8 Å². The summed E-state index contributed by atoms with van der Waals surface area (Å²) in [5.74, 6) is -0.357. The number of nitrogens with one attached hydrogen (secondary N) is 1. The summed E-state index contributed by atoms with van der Waals surface area (Å²) in [4.78, 5) is 45.0. The number of imide groups is 1. The Morgan fingerprint density at radius 3 is 2.41 bits per heavy atom. The molecule has 4 amide bonds. The summed E-state index contributed by atoms with van der Waals surface area (Å²) in [5, 5.41) is 2.87. The molecule has 7 nitrogen and oxygen atoms in total. The molecule has 0 bridgehead atoms. The first-order chi connectivity index (χ1) is 13.1. The first kappa shape index (κ1) is 17.2. The van der Waals surface area contributed by atoms with E-state index in [4.69, 9.17) is 0 Å². The first-order valence-electron chi connectivity index (χ1n) is 8.97. The Morgan fingerprint density at radius 2 is 1.74 bits per heavy atom. The molecule has 2 aliphatic rings. The lowest BCUT2D eigenvalue weighted by molar-refractivity contribution is -0.133. The third-order valence-corrected chi connectivity index (χ3v) is 5.22. The molecule has 2 aliphatic heterocycles. The van der Waals surface area contributed by atoms with Crippen LogP contribution in [-0.2, 0) is 11.3 Å². The Kier molecular flexibility index (Phi) is 4.35. The van der Waals surface area contributed by atoms with Crippen LogP contribution in [0.4, 0.5) is 4.79 Å². The number of piperidine rings is 1. The Balaban J connectivity index is 1.44. The number of rotatable bonds is 3. The van der Waals surface area contributed by atoms with Crippen LogP contribution in [0.2, 0.25) is 0 Å². The van der Waals surface area contributed by atoms with Crippen LogP contribution < -0.4 is 5.32 Å². The number of carbonyl (C=O) groups excluding carboxylic acids is 3. The normalized spacial score (nSPS) is 18.7. The summed E-state index contributed by atoms with van der Waals surface area (Å²) in [5.41, 5.74) is 0.383. The van der Waals surface area contributed by atoms with Crippen LogP contribution in [0.1, 0.15) is 28.9 Å². The van der Waals surface area contributed by atoms with E-state index in [1.807, 2.05) is 30.3 Å². The molecule has 0 radical (unpaired) electrons. The van der Waals surface area contributed by atoms with E-state index >= 15 is 0 Å². The summed E-state index contributed by atoms with van der Waals surface area (Å²) < 4.78 is 0. The molecule has 0 saturated carbocycles. The lowest BCUT2D eigenvalue weighted by atomic mass is 9.87. The van der Waals surface area contributed by atoms with Crippen molar-refractivity contribution in [3.05, 3.63) is 66.0 Å². The predicted molar refractivity (Wildman–Crippen MR) is 97.6 cm³/mol. The van der Waals surface area contributed by atoms with Crippen LogP contribution >= 0.6 is 0 Å². The molecule has 0 aliphatic carbocycles. The van der Waals surface area contributed by atoms with Gasteiger partial charge in [-0.2, -0.15) is 0 Å². The fourth-order valence-corrected chi connectivity index (χ4v) is 3.67. The summed E-state index contributed by atoms with van der Waals surface area (Å²) in [6.45, 7) is 1.06. The van der Waals surface area contributed by atoms with Crippen molar-refractivity contribution in [1.82, 2.24) is 20.1 Å². The average Bonchev–Trinajstić information content (AvgIpc) is 2.94. The number of urea groups is 1. The van der Waals surface area contributed by atoms with E-state index in [0.717, 1.165) is 5.56 Å². The minimum Gasteiger partial charge on any atom is -0.337 e. The van der Waals surface area contributed by atoms with Crippen molar-refractivity contribution in [3.63, 3.8) is 0 Å². The van der Waals surface area contributed by atoms with Crippen LogP contribution in [-0.4, -0.2) is 51.3 Å². The standard InChI is InChI=1S/C20H20N4O3/c25-17(16-8-4-5-11-21-16)23-12-9-20(10-13-23)18(26)24(19(27)22-20)14-15-6-2-1-3-7-15/h1-8,11H,9-10,12-14H2,(H,22,27). The molecule has 27 heavy (non-hydrogen) atoms. The number of hydrogen-bond donors (Lipinski definition) is 1. The molecule has 0 unspecified atom stereocenters. The van der Waals surface area contributed by atoms with Crippen LogP contribution in [0.25, 0.3) is 0 Å². The van der Waals surface area contributed by atoms with Gasteiger partial charge in [0.25, 0.3) is 11.8 Å². The van der Waals surface area contributed by atoms with Crippen LogP contribution in [0.15, 0.2) is 54.7 Å². The topological polar surface area (TPSA) is 82.6 Å². The van der Waals surface area contributed by atoms with E-state index in [1.165, 1.54) is 4.90 Å². The lowest BCUT2D eigenvalue weighted by Crippen LogP contribution is -2.55. The van der Waals surface area contributed by atoms with Gasteiger partial charge in [0.05, 0.1) is 6.54 Å². The Morgan fingerprint density at radius 1 is 1.04 bits per heavy atom. The van der Waals surface area contributed by atoms with Crippen molar-refractivity contribution in [2.45, 2.75) is 24.9 Å². The molecule has 2 aromatic rings. The molecule has 2 saturated heterocycles. The maximum atomic E-state index is 13.0. The van der Waals surface area contributed by atoms with Crippen molar-refractivity contribution in [2.75, 3.05) is 13.1 Å². The van der Waals surface area contributed by atoms with Gasteiger partial charge in [-0.1, -0.05) is 36.4 Å². The number of amides is 4. The van der Waals surface area contributed by atoms with Gasteiger partial charge in [0.15, 0.2) is 0 Å². The highest BCUT2D eigenvalue weighted by atomic mass is 16.2. The smallest absolute Gasteiger partial charge is 0.325 e. The van der Waals surface area contributed by atoms with Gasteiger partial charge in [-0.3, -0.25) is 19.5 Å². The van der Waals surface area contributed by atoms with Gasteiger partial charge in [-0.05, 0) is 30.5 Å². The van der Waals surface area contributed by atoms with E-state index in [1.54, 1.807) is 29.3 Å². The quantitative estimate of drug-likeness (QED) is 0.842. The number of likely N-dealkylation sites (tertiary alicyclic amines) is 1. The number of nitrogens with zero attached hydrogens (tertiary/aromatic N) is 3. The van der Waals surface area contributed by atoms with E-state index in [0.29, 0.717) is 31.6 Å². The number of carbonyl (C=O) groups is 3. The molecule has 1 aromatic heterocycles. The van der Waals surface area contributed by atoms with Crippen molar-refractivity contribution in [1.29, 1.82) is 0 Å². The molecule has 1 spiro atoms. The minimum absolute atomic E-state index is 0.150.